The third-order valence-electron chi connectivity index (χ3n) is 1.18. The Morgan fingerprint density at radius 2 is 2.08 bits per heavy atom. The number of amides is 2. The van der Waals surface area contributed by atoms with Crippen molar-refractivity contribution in [1.82, 2.24) is 10.6 Å². The molecule has 0 aliphatic heterocycles. The normalized spacial score (nSPS) is 9.31. The first-order chi connectivity index (χ1) is 6.16. The number of primary amides is 1. The van der Waals surface area contributed by atoms with Crippen molar-refractivity contribution < 1.29 is 14.3 Å². The maximum absolute atomic E-state index is 10.7. The van der Waals surface area contributed by atoms with E-state index in [0.717, 1.165) is 0 Å². The third-order valence-corrected chi connectivity index (χ3v) is 1.18. The van der Waals surface area contributed by atoms with Crippen LogP contribution in [-0.2, 0) is 9.53 Å². The van der Waals surface area contributed by atoms with Gasteiger partial charge in [-0.05, 0) is 6.92 Å². The van der Waals surface area contributed by atoms with Crippen molar-refractivity contribution in [2.75, 3.05) is 26.2 Å². The van der Waals surface area contributed by atoms with Gasteiger partial charge in [-0.25, -0.2) is 4.79 Å². The summed E-state index contributed by atoms with van der Waals surface area (Å²) >= 11 is 0. The van der Waals surface area contributed by atoms with Crippen molar-refractivity contribution in [3.63, 3.8) is 0 Å². The van der Waals surface area contributed by atoms with Crippen LogP contribution in [0, 0.1) is 0 Å². The highest BCUT2D eigenvalue weighted by Crippen LogP contribution is 1.73. The van der Waals surface area contributed by atoms with E-state index in [2.05, 4.69) is 15.4 Å². The highest BCUT2D eigenvalue weighted by atomic mass is 16.5. The number of esters is 1. The zero-order valence-corrected chi connectivity index (χ0v) is 7.63. The van der Waals surface area contributed by atoms with Gasteiger partial charge in [0, 0.05) is 13.1 Å². The summed E-state index contributed by atoms with van der Waals surface area (Å²) < 4.78 is 4.66. The van der Waals surface area contributed by atoms with Gasteiger partial charge in [0.15, 0.2) is 0 Å². The van der Waals surface area contributed by atoms with Gasteiger partial charge in [-0.1, -0.05) is 0 Å². The van der Waals surface area contributed by atoms with E-state index in [1.807, 2.05) is 0 Å². The van der Waals surface area contributed by atoms with Gasteiger partial charge in [-0.2, -0.15) is 0 Å². The molecule has 0 bridgehead atoms. The highest BCUT2D eigenvalue weighted by Gasteiger charge is 1.99. The van der Waals surface area contributed by atoms with Crippen LogP contribution < -0.4 is 16.4 Å². The Bertz CT molecular complexity index is 172. The number of hydrogen-bond donors (Lipinski definition) is 3. The number of ether oxygens (including phenoxy) is 1. The number of carbonyl (C=O) groups excluding carboxylic acids is 2. The molecule has 2 amide bonds. The average Bonchev–Trinajstić information content (AvgIpc) is 2.03. The Morgan fingerprint density at radius 1 is 1.38 bits per heavy atom. The van der Waals surface area contributed by atoms with Crippen molar-refractivity contribution in [3.05, 3.63) is 0 Å². The molecule has 0 saturated heterocycles. The number of carbonyl (C=O) groups is 2. The molecule has 4 N–H and O–H groups in total. The predicted molar refractivity (Wildman–Crippen MR) is 47.1 cm³/mol. The van der Waals surface area contributed by atoms with Gasteiger partial charge in [0.1, 0.15) is 0 Å². The van der Waals surface area contributed by atoms with E-state index >= 15 is 0 Å². The second-order valence-electron chi connectivity index (χ2n) is 2.27. The third kappa shape index (κ3) is 8.61. The van der Waals surface area contributed by atoms with Crippen molar-refractivity contribution in [3.8, 4) is 0 Å². The van der Waals surface area contributed by atoms with E-state index in [9.17, 15) is 9.59 Å². The lowest BCUT2D eigenvalue weighted by Crippen LogP contribution is -2.37. The summed E-state index contributed by atoms with van der Waals surface area (Å²) in [6.45, 7) is 3.15. The predicted octanol–water partition coefficient (Wildman–Crippen LogP) is -1.19. The van der Waals surface area contributed by atoms with Gasteiger partial charge in [-0.15, -0.1) is 0 Å². The van der Waals surface area contributed by atoms with Crippen LogP contribution in [0.3, 0.4) is 0 Å². The second-order valence-corrected chi connectivity index (χ2v) is 2.27. The summed E-state index contributed by atoms with van der Waals surface area (Å²) in [5, 5.41) is 5.16. The minimum atomic E-state index is -0.571. The summed E-state index contributed by atoms with van der Waals surface area (Å²) in [6, 6.07) is -0.571. The first kappa shape index (κ1) is 11.7. The van der Waals surface area contributed by atoms with Crippen LogP contribution >= 0.6 is 0 Å². The van der Waals surface area contributed by atoms with E-state index in [-0.39, 0.29) is 12.5 Å². The molecule has 0 fully saturated rings. The van der Waals surface area contributed by atoms with E-state index in [0.29, 0.717) is 19.7 Å². The standard InChI is InChI=1S/C7H15N3O3/c1-2-13-6(11)5-9-3-4-10-7(8)12/h9H,2-5H2,1H3,(H3,8,10,12). The number of nitrogens with one attached hydrogen (secondary N) is 2. The maximum atomic E-state index is 10.7. The fourth-order valence-corrected chi connectivity index (χ4v) is 0.677. The molecular formula is C7H15N3O3. The maximum Gasteiger partial charge on any atom is 0.319 e. The Balaban J connectivity index is 3.16. The molecule has 0 aromatic carbocycles. The molecule has 0 heterocycles. The number of urea groups is 1. The SMILES string of the molecule is CCOC(=O)CNCCNC(N)=O. The monoisotopic (exact) mass is 189 g/mol. The Kier molecular flexibility index (Phi) is 6.62. The lowest BCUT2D eigenvalue weighted by Gasteiger charge is -2.04. The van der Waals surface area contributed by atoms with Gasteiger partial charge in [-0.3, -0.25) is 4.79 Å². The molecule has 0 aliphatic rings. The van der Waals surface area contributed by atoms with Crippen LogP contribution in [-0.4, -0.2) is 38.2 Å². The Labute approximate surface area is 76.8 Å². The molecule has 0 radical (unpaired) electrons. The molecule has 0 aromatic heterocycles. The van der Waals surface area contributed by atoms with Crippen molar-refractivity contribution in [2.45, 2.75) is 6.92 Å². The van der Waals surface area contributed by atoms with Crippen LogP contribution in [0.25, 0.3) is 0 Å². The van der Waals surface area contributed by atoms with Crippen molar-refractivity contribution in [1.29, 1.82) is 0 Å². The van der Waals surface area contributed by atoms with E-state index in [1.165, 1.54) is 0 Å². The number of hydrogen-bond acceptors (Lipinski definition) is 4. The van der Waals surface area contributed by atoms with Crippen LogP contribution in [0.4, 0.5) is 4.79 Å². The summed E-state index contributed by atoms with van der Waals surface area (Å²) in [6.07, 6.45) is 0. The van der Waals surface area contributed by atoms with Gasteiger partial charge < -0.3 is 21.1 Å². The summed E-state index contributed by atoms with van der Waals surface area (Å²) in [5.41, 5.74) is 4.81. The minimum absolute atomic E-state index is 0.147. The topological polar surface area (TPSA) is 93.4 Å². The quantitative estimate of drug-likeness (QED) is 0.361. The van der Waals surface area contributed by atoms with E-state index < -0.39 is 6.03 Å². The zero-order chi connectivity index (χ0) is 10.1. The average molecular weight is 189 g/mol. The lowest BCUT2D eigenvalue weighted by molar-refractivity contribution is -0.141. The molecule has 0 atom stereocenters. The van der Waals surface area contributed by atoms with Gasteiger partial charge in [0.05, 0.1) is 13.2 Å². The lowest BCUT2D eigenvalue weighted by atomic mass is 10.5. The number of nitrogens with two attached hydrogens (primary N) is 1. The molecule has 0 saturated carbocycles. The second kappa shape index (κ2) is 7.35. The Hall–Kier alpha value is -1.30. The van der Waals surface area contributed by atoms with Gasteiger partial charge >= 0.3 is 12.0 Å². The smallest absolute Gasteiger partial charge is 0.319 e. The Morgan fingerprint density at radius 3 is 2.62 bits per heavy atom. The summed E-state index contributed by atoms with van der Waals surface area (Å²) in [7, 11) is 0. The van der Waals surface area contributed by atoms with Crippen LogP contribution in [0.2, 0.25) is 0 Å². The molecule has 0 rings (SSSR count). The minimum Gasteiger partial charge on any atom is -0.465 e. The molecule has 0 aliphatic carbocycles. The highest BCUT2D eigenvalue weighted by molar-refractivity contribution is 5.72. The molecule has 6 nitrogen and oxygen atoms in total. The molecular weight excluding hydrogens is 174 g/mol. The largest absolute Gasteiger partial charge is 0.465 e. The first-order valence-corrected chi connectivity index (χ1v) is 4.06. The van der Waals surface area contributed by atoms with Crippen LogP contribution in [0.15, 0.2) is 0 Å². The fourth-order valence-electron chi connectivity index (χ4n) is 0.677. The zero-order valence-electron chi connectivity index (χ0n) is 7.63. The molecule has 6 heteroatoms. The molecule has 0 aromatic rings. The first-order valence-electron chi connectivity index (χ1n) is 4.06. The van der Waals surface area contributed by atoms with Crippen molar-refractivity contribution in [2.24, 2.45) is 5.73 Å². The summed E-state index contributed by atoms with van der Waals surface area (Å²) in [4.78, 5) is 20.9. The summed E-state index contributed by atoms with van der Waals surface area (Å²) in [5.74, 6) is -0.304. The van der Waals surface area contributed by atoms with E-state index in [1.54, 1.807) is 6.92 Å². The van der Waals surface area contributed by atoms with Crippen LogP contribution in [0.5, 0.6) is 0 Å². The van der Waals surface area contributed by atoms with Crippen LogP contribution in [0.1, 0.15) is 6.92 Å². The molecule has 0 unspecified atom stereocenters. The van der Waals surface area contributed by atoms with Gasteiger partial charge in [0.25, 0.3) is 0 Å². The molecule has 76 valence electrons. The number of rotatable bonds is 6. The van der Waals surface area contributed by atoms with E-state index in [4.69, 9.17) is 5.73 Å². The fraction of sp³-hybridized carbons (Fsp3) is 0.714. The molecule has 13 heavy (non-hydrogen) atoms. The van der Waals surface area contributed by atoms with Gasteiger partial charge in [0.2, 0.25) is 0 Å². The van der Waals surface area contributed by atoms with Crippen molar-refractivity contribution >= 4 is 12.0 Å². The molecule has 0 spiro atoms.